The van der Waals surface area contributed by atoms with Gasteiger partial charge < -0.3 is 10.1 Å². The number of benzene rings is 1. The summed E-state index contributed by atoms with van der Waals surface area (Å²) in [6.07, 6.45) is 8.23. The maximum atomic E-state index is 6.30. The van der Waals surface area contributed by atoms with Crippen LogP contribution in [0, 0.1) is 0 Å². The molecule has 0 radical (unpaired) electrons. The van der Waals surface area contributed by atoms with Gasteiger partial charge in [-0.3, -0.25) is 0 Å². The van der Waals surface area contributed by atoms with Crippen molar-refractivity contribution in [3.8, 4) is 0 Å². The van der Waals surface area contributed by atoms with Gasteiger partial charge in [-0.15, -0.1) is 0 Å². The molecule has 1 unspecified atom stereocenters. The molecule has 1 atom stereocenters. The molecule has 1 spiro atoms. The quantitative estimate of drug-likeness (QED) is 0.903. The lowest BCUT2D eigenvalue weighted by Gasteiger charge is -2.23. The predicted molar refractivity (Wildman–Crippen MR) is 81.2 cm³/mol. The maximum absolute atomic E-state index is 6.30. The first-order valence-corrected chi connectivity index (χ1v) is 8.18. The zero-order valence-electron chi connectivity index (χ0n) is 11.3. The van der Waals surface area contributed by atoms with E-state index in [1.807, 2.05) is 0 Å². The van der Waals surface area contributed by atoms with Crippen molar-refractivity contribution < 1.29 is 4.74 Å². The fourth-order valence-corrected chi connectivity index (χ4v) is 3.67. The van der Waals surface area contributed by atoms with E-state index in [1.165, 1.54) is 44.1 Å². The van der Waals surface area contributed by atoms with Gasteiger partial charge >= 0.3 is 0 Å². The minimum absolute atomic E-state index is 0.268. The van der Waals surface area contributed by atoms with Crippen LogP contribution in [0.15, 0.2) is 28.7 Å². The highest BCUT2D eigenvalue weighted by atomic mass is 79.9. The van der Waals surface area contributed by atoms with E-state index in [0.29, 0.717) is 6.10 Å². The highest BCUT2D eigenvalue weighted by Crippen LogP contribution is 2.43. The molecule has 0 bridgehead atoms. The molecule has 1 N–H and O–H groups in total. The van der Waals surface area contributed by atoms with Gasteiger partial charge in [0.05, 0.1) is 11.7 Å². The molecule has 104 valence electrons. The number of halogens is 1. The third kappa shape index (κ3) is 3.39. The first kappa shape index (κ1) is 13.6. The Bertz CT molecular complexity index is 411. The van der Waals surface area contributed by atoms with Crippen LogP contribution in [0.1, 0.15) is 44.1 Å². The van der Waals surface area contributed by atoms with Gasteiger partial charge in [-0.2, -0.15) is 0 Å². The lowest BCUT2D eigenvalue weighted by Crippen LogP contribution is -2.30. The molecule has 3 rings (SSSR count). The van der Waals surface area contributed by atoms with E-state index < -0.39 is 0 Å². The summed E-state index contributed by atoms with van der Waals surface area (Å²) in [5.74, 6) is 0. The molecular formula is C16H22BrNO. The second-order valence-electron chi connectivity index (χ2n) is 5.93. The molecular weight excluding hydrogens is 302 g/mol. The van der Waals surface area contributed by atoms with Crippen molar-refractivity contribution in [2.45, 2.75) is 56.8 Å². The second-order valence-corrected chi connectivity index (χ2v) is 6.84. The van der Waals surface area contributed by atoms with Gasteiger partial charge in [0.25, 0.3) is 0 Å². The fraction of sp³-hybridized carbons (Fsp3) is 0.625. The van der Waals surface area contributed by atoms with Crippen molar-refractivity contribution in [2.75, 3.05) is 6.54 Å². The molecule has 1 aromatic carbocycles. The Kier molecular flexibility index (Phi) is 4.25. The summed E-state index contributed by atoms with van der Waals surface area (Å²) in [4.78, 5) is 0. The van der Waals surface area contributed by atoms with E-state index in [9.17, 15) is 0 Å². The zero-order chi connectivity index (χ0) is 13.1. The third-order valence-electron chi connectivity index (χ3n) is 4.47. The number of rotatable bonds is 4. The first-order chi connectivity index (χ1) is 9.26. The van der Waals surface area contributed by atoms with Crippen LogP contribution in [0.4, 0.5) is 0 Å². The molecule has 0 aromatic heterocycles. The Balaban J connectivity index is 1.42. The van der Waals surface area contributed by atoms with Crippen molar-refractivity contribution in [2.24, 2.45) is 0 Å². The Morgan fingerprint density at radius 3 is 2.63 bits per heavy atom. The van der Waals surface area contributed by atoms with Gasteiger partial charge in [-0.1, -0.05) is 40.9 Å². The molecule has 1 saturated heterocycles. The van der Waals surface area contributed by atoms with Crippen molar-refractivity contribution in [3.05, 3.63) is 34.3 Å². The summed E-state index contributed by atoms with van der Waals surface area (Å²) in [7, 11) is 0. The Labute approximate surface area is 124 Å². The SMILES string of the molecule is Brc1ccc(CNCC2CCC3(CCCC3)O2)cc1. The van der Waals surface area contributed by atoms with Gasteiger partial charge in [0.15, 0.2) is 0 Å². The van der Waals surface area contributed by atoms with Crippen molar-refractivity contribution in [1.29, 1.82) is 0 Å². The molecule has 3 heteroatoms. The van der Waals surface area contributed by atoms with Crippen LogP contribution in [-0.4, -0.2) is 18.2 Å². The van der Waals surface area contributed by atoms with Crippen molar-refractivity contribution in [3.63, 3.8) is 0 Å². The lowest BCUT2D eigenvalue weighted by molar-refractivity contribution is -0.0351. The van der Waals surface area contributed by atoms with Gasteiger partial charge in [0.2, 0.25) is 0 Å². The average molecular weight is 324 g/mol. The Morgan fingerprint density at radius 1 is 1.16 bits per heavy atom. The van der Waals surface area contributed by atoms with Crippen LogP contribution in [0.3, 0.4) is 0 Å². The zero-order valence-corrected chi connectivity index (χ0v) is 12.9. The van der Waals surface area contributed by atoms with Crippen molar-refractivity contribution >= 4 is 15.9 Å². The molecule has 2 fully saturated rings. The highest BCUT2D eigenvalue weighted by Gasteiger charge is 2.41. The average Bonchev–Trinajstić information content (AvgIpc) is 3.03. The molecule has 0 amide bonds. The van der Waals surface area contributed by atoms with Crippen LogP contribution in [0.5, 0.6) is 0 Å². The van der Waals surface area contributed by atoms with Crippen LogP contribution in [-0.2, 0) is 11.3 Å². The van der Waals surface area contributed by atoms with E-state index >= 15 is 0 Å². The fourth-order valence-electron chi connectivity index (χ4n) is 3.41. The highest BCUT2D eigenvalue weighted by molar-refractivity contribution is 9.10. The first-order valence-electron chi connectivity index (χ1n) is 7.39. The van der Waals surface area contributed by atoms with Crippen LogP contribution in [0.2, 0.25) is 0 Å². The van der Waals surface area contributed by atoms with E-state index in [4.69, 9.17) is 4.74 Å². The van der Waals surface area contributed by atoms with Crippen molar-refractivity contribution in [1.82, 2.24) is 5.32 Å². The van der Waals surface area contributed by atoms with Crippen LogP contribution >= 0.6 is 15.9 Å². The standard InChI is InChI=1S/C16H22BrNO/c17-14-5-3-13(4-6-14)11-18-12-15-7-10-16(19-15)8-1-2-9-16/h3-6,15,18H,1-2,7-12H2. The van der Waals surface area contributed by atoms with Gasteiger partial charge in [-0.25, -0.2) is 0 Å². The molecule has 19 heavy (non-hydrogen) atoms. The molecule has 2 aliphatic rings. The smallest absolute Gasteiger partial charge is 0.0708 e. The number of hydrogen-bond donors (Lipinski definition) is 1. The van der Waals surface area contributed by atoms with E-state index in [0.717, 1.165) is 17.6 Å². The number of hydrogen-bond acceptors (Lipinski definition) is 2. The molecule has 1 aliphatic heterocycles. The summed E-state index contributed by atoms with van der Waals surface area (Å²) in [5, 5.41) is 3.53. The minimum Gasteiger partial charge on any atom is -0.370 e. The molecule has 2 nitrogen and oxygen atoms in total. The van der Waals surface area contributed by atoms with Gasteiger partial charge in [-0.05, 0) is 43.4 Å². The van der Waals surface area contributed by atoms with Gasteiger partial charge in [0, 0.05) is 17.6 Å². The normalized spacial score (nSPS) is 25.2. The summed E-state index contributed by atoms with van der Waals surface area (Å²) < 4.78 is 7.43. The summed E-state index contributed by atoms with van der Waals surface area (Å²) in [5.41, 5.74) is 1.60. The minimum atomic E-state index is 0.268. The summed E-state index contributed by atoms with van der Waals surface area (Å²) in [6, 6.07) is 8.50. The monoisotopic (exact) mass is 323 g/mol. The molecule has 1 saturated carbocycles. The number of ether oxygens (including phenoxy) is 1. The van der Waals surface area contributed by atoms with E-state index in [1.54, 1.807) is 0 Å². The third-order valence-corrected chi connectivity index (χ3v) is 5.00. The molecule has 1 aromatic rings. The summed E-state index contributed by atoms with van der Waals surface area (Å²) in [6.45, 7) is 1.91. The Hall–Kier alpha value is -0.380. The van der Waals surface area contributed by atoms with Crippen LogP contribution < -0.4 is 5.32 Å². The Morgan fingerprint density at radius 2 is 1.89 bits per heavy atom. The molecule has 1 heterocycles. The largest absolute Gasteiger partial charge is 0.370 e. The summed E-state index contributed by atoms with van der Waals surface area (Å²) >= 11 is 3.46. The van der Waals surface area contributed by atoms with E-state index in [2.05, 4.69) is 45.5 Å². The molecule has 1 aliphatic carbocycles. The topological polar surface area (TPSA) is 21.3 Å². The maximum Gasteiger partial charge on any atom is 0.0708 e. The second kappa shape index (κ2) is 5.94. The number of nitrogens with one attached hydrogen (secondary N) is 1. The predicted octanol–water partition coefficient (Wildman–Crippen LogP) is 4.03. The van der Waals surface area contributed by atoms with Crippen LogP contribution in [0.25, 0.3) is 0 Å². The van der Waals surface area contributed by atoms with Gasteiger partial charge in [0.1, 0.15) is 0 Å². The van der Waals surface area contributed by atoms with E-state index in [-0.39, 0.29) is 5.60 Å². The lowest BCUT2D eigenvalue weighted by atomic mass is 9.98.